The van der Waals surface area contributed by atoms with Gasteiger partial charge < -0.3 is 20.4 Å². The topological polar surface area (TPSA) is 88.2 Å². The zero-order chi connectivity index (χ0) is 18.5. The van der Waals surface area contributed by atoms with Crippen molar-refractivity contribution in [2.24, 2.45) is 0 Å². The Morgan fingerprint density at radius 1 is 1.23 bits per heavy atom. The molecule has 2 aromatic carbocycles. The summed E-state index contributed by atoms with van der Waals surface area (Å²) in [5, 5.41) is 6.50. The summed E-state index contributed by atoms with van der Waals surface area (Å²) in [5.74, 6) is 0.353. The molecule has 3 aromatic rings. The second kappa shape index (κ2) is 7.97. The van der Waals surface area contributed by atoms with Crippen LogP contribution in [-0.4, -0.2) is 35.7 Å². The number of H-pyrrole nitrogens is 1. The van der Waals surface area contributed by atoms with Gasteiger partial charge in [0.25, 0.3) is 0 Å². The van der Waals surface area contributed by atoms with Crippen molar-refractivity contribution in [1.82, 2.24) is 14.9 Å². The van der Waals surface area contributed by atoms with E-state index in [0.717, 1.165) is 5.69 Å². The van der Waals surface area contributed by atoms with E-state index < -0.39 is 0 Å². The molecule has 0 fully saturated rings. The summed E-state index contributed by atoms with van der Waals surface area (Å²) < 4.78 is 6.58. The predicted octanol–water partition coefficient (Wildman–Crippen LogP) is 2.22. The highest BCUT2D eigenvalue weighted by molar-refractivity contribution is 6.32. The number of carbonyl (C=O) groups is 1. The summed E-state index contributed by atoms with van der Waals surface area (Å²) in [6.07, 6.45) is 0. The van der Waals surface area contributed by atoms with Crippen LogP contribution in [0.3, 0.4) is 0 Å². The zero-order valence-electron chi connectivity index (χ0n) is 14.2. The third kappa shape index (κ3) is 4.00. The molecule has 0 atom stereocenters. The van der Waals surface area contributed by atoms with Gasteiger partial charge >= 0.3 is 5.69 Å². The molecule has 1 amide bonds. The Kier molecular flexibility index (Phi) is 5.48. The van der Waals surface area contributed by atoms with Gasteiger partial charge in [-0.2, -0.15) is 0 Å². The Balaban J connectivity index is 1.51. The number of methoxy groups -OCH3 is 1. The quantitative estimate of drug-likeness (QED) is 0.553. The van der Waals surface area contributed by atoms with Crippen LogP contribution in [0.25, 0.3) is 11.0 Å². The summed E-state index contributed by atoms with van der Waals surface area (Å²) >= 11 is 5.98. The minimum absolute atomic E-state index is 0.0301. The van der Waals surface area contributed by atoms with Gasteiger partial charge in [0.1, 0.15) is 12.3 Å². The summed E-state index contributed by atoms with van der Waals surface area (Å²) in [6.45, 7) is 0.914. The van der Waals surface area contributed by atoms with E-state index in [0.29, 0.717) is 34.9 Å². The minimum atomic E-state index is -0.298. The van der Waals surface area contributed by atoms with Crippen LogP contribution in [0.4, 0.5) is 5.69 Å². The maximum absolute atomic E-state index is 12.1. The number of hydrogen-bond acceptors (Lipinski definition) is 4. The van der Waals surface area contributed by atoms with Crippen LogP contribution in [0.5, 0.6) is 5.75 Å². The number of rotatable bonds is 7. The number of benzene rings is 2. The smallest absolute Gasteiger partial charge is 0.326 e. The molecule has 7 nitrogen and oxygen atoms in total. The molecule has 0 aliphatic heterocycles. The SMILES string of the molecule is COc1cc(NCCNC(=O)Cn2c(=O)[nH]c3ccccc32)ccc1Cl. The van der Waals surface area contributed by atoms with Crippen LogP contribution in [0.2, 0.25) is 5.02 Å². The van der Waals surface area contributed by atoms with Crippen LogP contribution < -0.4 is 21.1 Å². The number of aromatic nitrogens is 2. The zero-order valence-corrected chi connectivity index (χ0v) is 15.0. The number of nitrogens with zero attached hydrogens (tertiary/aromatic N) is 1. The first-order valence-electron chi connectivity index (χ1n) is 8.10. The van der Waals surface area contributed by atoms with Gasteiger partial charge in [-0.25, -0.2) is 4.79 Å². The standard InChI is InChI=1S/C18H19ClN4O3/c1-26-16-10-12(6-7-13(16)19)20-8-9-21-17(24)11-23-15-5-3-2-4-14(15)22-18(23)25/h2-7,10,20H,8-9,11H2,1H3,(H,21,24)(H,22,25). The molecule has 1 heterocycles. The Labute approximate surface area is 154 Å². The second-order valence-electron chi connectivity index (χ2n) is 5.66. The highest BCUT2D eigenvalue weighted by atomic mass is 35.5. The van der Waals surface area contributed by atoms with Crippen LogP contribution in [0.1, 0.15) is 0 Å². The molecule has 0 bridgehead atoms. The molecule has 3 N–H and O–H groups in total. The lowest BCUT2D eigenvalue weighted by molar-refractivity contribution is -0.121. The average Bonchev–Trinajstić information content (AvgIpc) is 2.95. The van der Waals surface area contributed by atoms with Gasteiger partial charge in [0.15, 0.2) is 0 Å². The largest absolute Gasteiger partial charge is 0.495 e. The molecule has 0 saturated carbocycles. The van der Waals surface area contributed by atoms with Crippen molar-refractivity contribution in [2.75, 3.05) is 25.5 Å². The number of halogens is 1. The van der Waals surface area contributed by atoms with E-state index in [1.54, 1.807) is 31.4 Å². The number of nitrogens with one attached hydrogen (secondary N) is 3. The van der Waals surface area contributed by atoms with Crippen LogP contribution in [0, 0.1) is 0 Å². The molecular weight excluding hydrogens is 356 g/mol. The van der Waals surface area contributed by atoms with Gasteiger partial charge in [0.05, 0.1) is 23.2 Å². The fourth-order valence-corrected chi connectivity index (χ4v) is 2.84. The van der Waals surface area contributed by atoms with Crippen LogP contribution in [0.15, 0.2) is 47.3 Å². The van der Waals surface area contributed by atoms with Crippen LogP contribution >= 0.6 is 11.6 Å². The lowest BCUT2D eigenvalue weighted by Crippen LogP contribution is -2.34. The van der Waals surface area contributed by atoms with E-state index in [2.05, 4.69) is 15.6 Å². The maximum Gasteiger partial charge on any atom is 0.326 e. The van der Waals surface area contributed by atoms with Crippen molar-refractivity contribution in [2.45, 2.75) is 6.54 Å². The number of amides is 1. The summed E-state index contributed by atoms with van der Waals surface area (Å²) in [4.78, 5) is 26.8. The van der Waals surface area contributed by atoms with Gasteiger partial charge in [-0.1, -0.05) is 23.7 Å². The van der Waals surface area contributed by atoms with Crippen molar-refractivity contribution >= 4 is 34.2 Å². The molecular formula is C18H19ClN4O3. The summed E-state index contributed by atoms with van der Waals surface area (Å²) in [6, 6.07) is 12.6. The third-order valence-electron chi connectivity index (χ3n) is 3.91. The third-order valence-corrected chi connectivity index (χ3v) is 4.22. The number of ether oxygens (including phenoxy) is 1. The molecule has 0 saturated heterocycles. The number of aromatic amines is 1. The first kappa shape index (κ1) is 17.9. The Hall–Kier alpha value is -2.93. The van der Waals surface area contributed by atoms with Crippen LogP contribution in [-0.2, 0) is 11.3 Å². The van der Waals surface area contributed by atoms with E-state index in [1.807, 2.05) is 18.2 Å². The van der Waals surface area contributed by atoms with Crippen molar-refractivity contribution in [3.05, 3.63) is 58.0 Å². The molecule has 136 valence electrons. The van der Waals surface area contributed by atoms with Gasteiger partial charge in [-0.15, -0.1) is 0 Å². The monoisotopic (exact) mass is 374 g/mol. The van der Waals surface area contributed by atoms with Crippen molar-refractivity contribution < 1.29 is 9.53 Å². The molecule has 1 aromatic heterocycles. The van der Waals surface area contributed by atoms with Gasteiger partial charge in [0, 0.05) is 24.8 Å². The molecule has 8 heteroatoms. The number of para-hydroxylation sites is 2. The van der Waals surface area contributed by atoms with E-state index in [4.69, 9.17) is 16.3 Å². The van der Waals surface area contributed by atoms with E-state index in [9.17, 15) is 9.59 Å². The molecule has 0 spiro atoms. The lowest BCUT2D eigenvalue weighted by Gasteiger charge is -2.10. The number of imidazole rings is 1. The molecule has 0 unspecified atom stereocenters. The summed E-state index contributed by atoms with van der Waals surface area (Å²) in [7, 11) is 1.55. The fraction of sp³-hybridized carbons (Fsp3) is 0.222. The normalized spacial score (nSPS) is 10.7. The van der Waals surface area contributed by atoms with Crippen molar-refractivity contribution in [1.29, 1.82) is 0 Å². The maximum atomic E-state index is 12.1. The lowest BCUT2D eigenvalue weighted by atomic mass is 10.3. The van der Waals surface area contributed by atoms with E-state index >= 15 is 0 Å². The number of anilines is 1. The van der Waals surface area contributed by atoms with E-state index in [1.165, 1.54) is 4.57 Å². The predicted molar refractivity (Wildman–Crippen MR) is 102 cm³/mol. The average molecular weight is 375 g/mol. The fourth-order valence-electron chi connectivity index (χ4n) is 2.64. The summed E-state index contributed by atoms with van der Waals surface area (Å²) in [5.41, 5.74) is 1.96. The minimum Gasteiger partial charge on any atom is -0.495 e. The van der Waals surface area contributed by atoms with Crippen molar-refractivity contribution in [3.8, 4) is 5.75 Å². The Morgan fingerprint density at radius 2 is 2.04 bits per heavy atom. The number of carbonyl (C=O) groups excluding carboxylic acids is 1. The number of fused-ring (bicyclic) bond motifs is 1. The molecule has 26 heavy (non-hydrogen) atoms. The first-order valence-corrected chi connectivity index (χ1v) is 8.48. The van der Waals surface area contributed by atoms with E-state index in [-0.39, 0.29) is 18.1 Å². The molecule has 3 rings (SSSR count). The Morgan fingerprint density at radius 3 is 2.85 bits per heavy atom. The van der Waals surface area contributed by atoms with Gasteiger partial charge in [-0.3, -0.25) is 9.36 Å². The highest BCUT2D eigenvalue weighted by Gasteiger charge is 2.09. The molecule has 0 radical (unpaired) electrons. The molecule has 0 aliphatic carbocycles. The van der Waals surface area contributed by atoms with Crippen molar-refractivity contribution in [3.63, 3.8) is 0 Å². The Bertz CT molecular complexity index is 980. The first-order chi connectivity index (χ1) is 12.6. The molecule has 0 aliphatic rings. The number of hydrogen-bond donors (Lipinski definition) is 3. The highest BCUT2D eigenvalue weighted by Crippen LogP contribution is 2.27. The second-order valence-corrected chi connectivity index (χ2v) is 6.07. The van der Waals surface area contributed by atoms with Gasteiger partial charge in [0.2, 0.25) is 5.91 Å². The van der Waals surface area contributed by atoms with Gasteiger partial charge in [-0.05, 0) is 24.3 Å².